The van der Waals surface area contributed by atoms with Crippen LogP contribution in [0.4, 0.5) is 0 Å². The van der Waals surface area contributed by atoms with Crippen LogP contribution in [0, 0.1) is 0 Å². The van der Waals surface area contributed by atoms with Gasteiger partial charge in [0, 0.05) is 47.8 Å². The Morgan fingerprint density at radius 3 is 1.46 bits per heavy atom. The number of unbranched alkanes of at least 4 members (excludes halogenated alkanes) is 3. The Morgan fingerprint density at radius 1 is 0.574 bits per heavy atom. The van der Waals surface area contributed by atoms with E-state index in [1.807, 2.05) is 12.1 Å². The molecule has 3 aromatic carbocycles. The SMILES string of the molecule is BrCCCCBr.C1=CCNCC1.Clc1ccc(OCCCCBr)cc1Cl.Clc1ccc(OCCCCN2CC=CCC2)cc1Cl.Oc1ccc(Cl)c(Cl)c1. The van der Waals surface area contributed by atoms with Gasteiger partial charge in [-0.1, -0.05) is 142 Å². The van der Waals surface area contributed by atoms with E-state index in [0.717, 1.165) is 86.0 Å². The van der Waals surface area contributed by atoms with Crippen LogP contribution in [-0.2, 0) is 0 Å². The average molecular weight is 1060 g/mol. The summed E-state index contributed by atoms with van der Waals surface area (Å²) in [6.07, 6.45) is 18.2. The lowest BCUT2D eigenvalue weighted by Crippen LogP contribution is -2.28. The summed E-state index contributed by atoms with van der Waals surface area (Å²) in [5.41, 5.74) is 0. The maximum Gasteiger partial charge on any atom is 0.120 e. The number of alkyl halides is 3. The summed E-state index contributed by atoms with van der Waals surface area (Å²) >= 11 is 44.5. The minimum Gasteiger partial charge on any atom is -0.508 e. The summed E-state index contributed by atoms with van der Waals surface area (Å²) in [6, 6.07) is 15.1. The number of benzene rings is 3. The normalized spacial score (nSPS) is 13.1. The van der Waals surface area contributed by atoms with Gasteiger partial charge in [-0.15, -0.1) is 0 Å². The van der Waals surface area contributed by atoms with Crippen molar-refractivity contribution in [3.05, 3.63) is 109 Å². The van der Waals surface area contributed by atoms with E-state index in [9.17, 15) is 0 Å². The number of phenolic OH excluding ortho intramolecular Hbond substituents is 1. The minimum absolute atomic E-state index is 0.129. The monoisotopic (exact) mass is 1050 g/mol. The topological polar surface area (TPSA) is 54.0 Å². The molecule has 54 heavy (non-hydrogen) atoms. The number of halogens is 9. The zero-order valence-corrected chi connectivity index (χ0v) is 39.6. The first-order valence-electron chi connectivity index (χ1n) is 17.8. The minimum atomic E-state index is 0.129. The lowest BCUT2D eigenvalue weighted by molar-refractivity contribution is 0.264. The van der Waals surface area contributed by atoms with Crippen molar-refractivity contribution in [1.82, 2.24) is 10.2 Å². The number of hydrogen-bond acceptors (Lipinski definition) is 5. The Balaban J connectivity index is 0.000000365. The standard InChI is InChI=1S/C15H19Cl2NO.C10H11BrCl2O.C6H4Cl2O.C5H9N.C4H8Br2/c16-14-7-6-13(12-15(14)17)19-11-5-4-10-18-8-2-1-3-9-18;11-5-1-2-6-14-8-3-4-9(12)10(13)7-8;7-5-2-1-4(9)3-6(5)8;1-2-4-6-5-3-1;5-3-1-2-4-6/h1-2,6-7,12H,3-5,8-11H2;3-4,7H,1-2,5-6H2;1-3,9H;1-2,6H,3-5H2;1-4H2. The first-order chi connectivity index (χ1) is 26.1. The second-order valence-electron chi connectivity index (χ2n) is 11.7. The molecule has 5 nitrogen and oxygen atoms in total. The van der Waals surface area contributed by atoms with Crippen molar-refractivity contribution in [2.24, 2.45) is 0 Å². The molecule has 0 radical (unpaired) electrons. The Kier molecular flexibility index (Phi) is 33.2. The Labute approximate surface area is 378 Å². The molecule has 2 heterocycles. The fourth-order valence-corrected chi connectivity index (χ4v) is 6.34. The summed E-state index contributed by atoms with van der Waals surface area (Å²) in [5, 5.41) is 18.3. The number of phenols is 1. The molecule has 0 aliphatic carbocycles. The molecule has 0 amide bonds. The van der Waals surface area contributed by atoms with Gasteiger partial charge in [0.05, 0.1) is 43.3 Å². The third-order valence-corrected chi connectivity index (χ3v) is 11.1. The van der Waals surface area contributed by atoms with Crippen molar-refractivity contribution in [1.29, 1.82) is 0 Å². The summed E-state index contributed by atoms with van der Waals surface area (Å²) in [4.78, 5) is 2.47. The fraction of sp³-hybridized carbons (Fsp3) is 0.450. The number of rotatable bonds is 14. The number of ether oxygens (including phenoxy) is 2. The summed E-state index contributed by atoms with van der Waals surface area (Å²) in [7, 11) is 0. The van der Waals surface area contributed by atoms with Gasteiger partial charge in [-0.25, -0.2) is 0 Å². The van der Waals surface area contributed by atoms with Crippen LogP contribution in [-0.4, -0.2) is 71.9 Å². The molecule has 0 aromatic heterocycles. The summed E-state index contributed by atoms with van der Waals surface area (Å²) in [6.45, 7) is 7.09. The van der Waals surface area contributed by atoms with Crippen molar-refractivity contribution in [3.8, 4) is 17.2 Å². The van der Waals surface area contributed by atoms with Gasteiger partial charge < -0.3 is 19.9 Å². The van der Waals surface area contributed by atoms with Gasteiger partial charge in [0.2, 0.25) is 0 Å². The van der Waals surface area contributed by atoms with Crippen LogP contribution >= 0.6 is 117 Å². The van der Waals surface area contributed by atoms with Gasteiger partial charge in [0.15, 0.2) is 0 Å². The highest BCUT2D eigenvalue weighted by Crippen LogP contribution is 2.28. The number of nitrogens with zero attached hydrogens (tertiary/aromatic N) is 1. The molecule has 0 unspecified atom stereocenters. The number of nitrogens with one attached hydrogen (secondary N) is 1. The molecule has 2 N–H and O–H groups in total. The van der Waals surface area contributed by atoms with Crippen molar-refractivity contribution < 1.29 is 14.6 Å². The van der Waals surface area contributed by atoms with Crippen LogP contribution in [0.1, 0.15) is 51.4 Å². The maximum absolute atomic E-state index is 8.79. The predicted octanol–water partition coefficient (Wildman–Crippen LogP) is 14.8. The quantitative estimate of drug-likeness (QED) is 0.0957. The van der Waals surface area contributed by atoms with E-state index in [4.69, 9.17) is 84.2 Å². The summed E-state index contributed by atoms with van der Waals surface area (Å²) in [5.74, 6) is 1.69. The smallest absolute Gasteiger partial charge is 0.120 e. The third kappa shape index (κ3) is 27.3. The molecule has 0 fully saturated rings. The van der Waals surface area contributed by atoms with Crippen LogP contribution in [0.2, 0.25) is 30.1 Å². The highest BCUT2D eigenvalue weighted by atomic mass is 79.9. The molecule has 5 rings (SSSR count). The molecule has 0 spiro atoms. The molecule has 0 saturated carbocycles. The third-order valence-electron chi connectivity index (χ3n) is 7.20. The predicted molar refractivity (Wildman–Crippen MR) is 248 cm³/mol. The first kappa shape index (κ1) is 51.7. The molecular formula is C40H51Br3Cl6N2O3. The highest BCUT2D eigenvalue weighted by Gasteiger charge is 2.05. The van der Waals surface area contributed by atoms with Crippen molar-refractivity contribution >= 4 is 117 Å². The lowest BCUT2D eigenvalue weighted by Gasteiger charge is -2.22. The van der Waals surface area contributed by atoms with E-state index in [2.05, 4.69) is 82.3 Å². The van der Waals surface area contributed by atoms with Crippen molar-refractivity contribution in [2.45, 2.75) is 51.4 Å². The van der Waals surface area contributed by atoms with Crippen LogP contribution in [0.25, 0.3) is 0 Å². The molecule has 2 aliphatic heterocycles. The molecule has 0 bridgehead atoms. The molecule has 0 atom stereocenters. The molecule has 14 heteroatoms. The zero-order valence-electron chi connectivity index (χ0n) is 30.3. The second-order valence-corrected chi connectivity index (χ2v) is 16.5. The van der Waals surface area contributed by atoms with Crippen LogP contribution in [0.5, 0.6) is 17.2 Å². The Morgan fingerprint density at radius 2 is 1.07 bits per heavy atom. The van der Waals surface area contributed by atoms with Gasteiger partial charge in [0.25, 0.3) is 0 Å². The fourth-order valence-electron chi connectivity index (χ4n) is 4.29. The van der Waals surface area contributed by atoms with Crippen LogP contribution in [0.15, 0.2) is 78.9 Å². The highest BCUT2D eigenvalue weighted by molar-refractivity contribution is 9.09. The van der Waals surface area contributed by atoms with Gasteiger partial charge in [-0.2, -0.15) is 0 Å². The van der Waals surface area contributed by atoms with E-state index in [1.165, 1.54) is 44.4 Å². The maximum atomic E-state index is 8.79. The van der Waals surface area contributed by atoms with Crippen molar-refractivity contribution in [2.75, 3.05) is 61.9 Å². The zero-order chi connectivity index (χ0) is 39.8. The lowest BCUT2D eigenvalue weighted by atomic mass is 10.2. The molecule has 302 valence electrons. The molecular weight excluding hydrogens is 1010 g/mol. The van der Waals surface area contributed by atoms with Crippen LogP contribution in [0.3, 0.4) is 0 Å². The van der Waals surface area contributed by atoms with Gasteiger partial charge >= 0.3 is 0 Å². The molecule has 3 aromatic rings. The van der Waals surface area contributed by atoms with Crippen LogP contribution < -0.4 is 14.8 Å². The van der Waals surface area contributed by atoms with E-state index in [-0.39, 0.29) is 5.75 Å². The molecule has 2 aliphatic rings. The van der Waals surface area contributed by atoms with Crippen molar-refractivity contribution in [3.63, 3.8) is 0 Å². The van der Waals surface area contributed by atoms with E-state index in [1.54, 1.807) is 30.3 Å². The number of hydrogen-bond donors (Lipinski definition) is 2. The van der Waals surface area contributed by atoms with Gasteiger partial charge in [0.1, 0.15) is 17.2 Å². The van der Waals surface area contributed by atoms with E-state index < -0.39 is 0 Å². The number of aromatic hydroxyl groups is 1. The second kappa shape index (κ2) is 34.7. The van der Waals surface area contributed by atoms with Gasteiger partial charge in [-0.3, -0.25) is 4.90 Å². The van der Waals surface area contributed by atoms with E-state index >= 15 is 0 Å². The summed E-state index contributed by atoms with van der Waals surface area (Å²) < 4.78 is 11.1. The Hall–Kier alpha value is -0.360. The average Bonchev–Trinajstić information content (AvgIpc) is 3.19. The molecule has 0 saturated heterocycles. The Bertz CT molecular complexity index is 1460. The van der Waals surface area contributed by atoms with E-state index in [0.29, 0.717) is 36.7 Å². The van der Waals surface area contributed by atoms with Gasteiger partial charge in [-0.05, 0) is 107 Å². The largest absolute Gasteiger partial charge is 0.508 e. The first-order valence-corrected chi connectivity index (χ1v) is 23.4.